The zero-order valence-corrected chi connectivity index (χ0v) is 12.5. The molecule has 0 spiro atoms. The normalized spacial score (nSPS) is 17.4. The predicted molar refractivity (Wildman–Crippen MR) is 78.6 cm³/mol. The van der Waals surface area contributed by atoms with Crippen molar-refractivity contribution in [2.24, 2.45) is 5.73 Å². The minimum absolute atomic E-state index is 0. The summed E-state index contributed by atoms with van der Waals surface area (Å²) in [6, 6.07) is 2.11. The minimum Gasteiger partial charge on any atom is -0.333 e. The smallest absolute Gasteiger partial charge is 0.268 e. The highest BCUT2D eigenvalue weighted by atomic mass is 35.5. The molecule has 0 aromatic carbocycles. The Morgan fingerprint density at radius 2 is 2.16 bits per heavy atom. The fraction of sp³-hybridized carbons (Fsp3) is 0.538. The average Bonchev–Trinajstić information content (AvgIpc) is 3.08. The predicted octanol–water partition coefficient (Wildman–Crippen LogP) is 3.51. The molecule has 2 heterocycles. The number of aromatic nitrogens is 2. The van der Waals surface area contributed by atoms with Gasteiger partial charge in [0.05, 0.1) is 10.4 Å². The van der Waals surface area contributed by atoms with Gasteiger partial charge in [-0.15, -0.1) is 23.7 Å². The molecule has 0 atom stereocenters. The second-order valence-electron chi connectivity index (χ2n) is 4.91. The Bertz CT molecular complexity index is 546. The zero-order valence-electron chi connectivity index (χ0n) is 10.9. The van der Waals surface area contributed by atoms with E-state index in [1.54, 1.807) is 11.3 Å². The van der Waals surface area contributed by atoms with E-state index in [0.29, 0.717) is 11.7 Å². The number of aryl methyl sites for hydroxylation is 1. The van der Waals surface area contributed by atoms with Crippen molar-refractivity contribution in [1.29, 1.82) is 0 Å². The van der Waals surface area contributed by atoms with E-state index in [-0.39, 0.29) is 17.9 Å². The molecule has 4 nitrogen and oxygen atoms in total. The summed E-state index contributed by atoms with van der Waals surface area (Å²) in [7, 11) is 0. The molecular weight excluding hydrogens is 282 g/mol. The third-order valence-corrected chi connectivity index (χ3v) is 4.63. The maximum Gasteiger partial charge on any atom is 0.268 e. The highest BCUT2D eigenvalue weighted by molar-refractivity contribution is 7.13. The fourth-order valence-electron chi connectivity index (χ4n) is 2.55. The van der Waals surface area contributed by atoms with Crippen molar-refractivity contribution in [2.75, 3.05) is 0 Å². The molecular formula is C13H18ClN3OS. The third kappa shape index (κ3) is 2.55. The molecule has 0 aliphatic heterocycles. The van der Waals surface area contributed by atoms with E-state index in [4.69, 9.17) is 10.3 Å². The Labute approximate surface area is 122 Å². The summed E-state index contributed by atoms with van der Waals surface area (Å²) in [4.78, 5) is 5.60. The molecule has 19 heavy (non-hydrogen) atoms. The Hall–Kier alpha value is -0.910. The van der Waals surface area contributed by atoms with E-state index in [0.717, 1.165) is 37.0 Å². The van der Waals surface area contributed by atoms with Crippen LogP contribution in [0.4, 0.5) is 0 Å². The van der Waals surface area contributed by atoms with E-state index in [9.17, 15) is 0 Å². The van der Waals surface area contributed by atoms with Crippen LogP contribution in [0.3, 0.4) is 0 Å². The van der Waals surface area contributed by atoms with Crippen LogP contribution in [0.25, 0.3) is 10.8 Å². The van der Waals surface area contributed by atoms with Gasteiger partial charge in [0, 0.05) is 0 Å². The number of thiophene rings is 1. The molecule has 0 saturated heterocycles. The van der Waals surface area contributed by atoms with Crippen LogP contribution < -0.4 is 5.73 Å². The molecule has 0 bridgehead atoms. The van der Waals surface area contributed by atoms with Gasteiger partial charge in [-0.1, -0.05) is 24.9 Å². The van der Waals surface area contributed by atoms with Gasteiger partial charge in [-0.3, -0.25) is 0 Å². The van der Waals surface area contributed by atoms with E-state index >= 15 is 0 Å². The first-order chi connectivity index (χ1) is 8.73. The molecule has 3 rings (SSSR count). The topological polar surface area (TPSA) is 64.9 Å². The second-order valence-corrected chi connectivity index (χ2v) is 5.83. The number of rotatable bonds is 3. The summed E-state index contributed by atoms with van der Waals surface area (Å²) in [6.45, 7) is 2.13. The first-order valence-corrected chi connectivity index (χ1v) is 7.31. The molecule has 0 amide bonds. The number of halogens is 1. The minimum atomic E-state index is -0.370. The highest BCUT2D eigenvalue weighted by Gasteiger charge is 2.36. The summed E-state index contributed by atoms with van der Waals surface area (Å²) in [5.41, 5.74) is 7.22. The van der Waals surface area contributed by atoms with Gasteiger partial charge < -0.3 is 10.3 Å². The Morgan fingerprint density at radius 1 is 1.42 bits per heavy atom. The van der Waals surface area contributed by atoms with Crippen LogP contribution in [0.2, 0.25) is 0 Å². The Morgan fingerprint density at radius 3 is 2.84 bits per heavy atom. The lowest BCUT2D eigenvalue weighted by Crippen LogP contribution is -2.34. The largest absolute Gasteiger partial charge is 0.333 e. The van der Waals surface area contributed by atoms with Gasteiger partial charge in [0.1, 0.15) is 0 Å². The van der Waals surface area contributed by atoms with Crippen molar-refractivity contribution >= 4 is 23.7 Å². The van der Waals surface area contributed by atoms with Gasteiger partial charge in [-0.2, -0.15) is 4.98 Å². The lowest BCUT2D eigenvalue weighted by Gasteiger charge is -2.17. The lowest BCUT2D eigenvalue weighted by molar-refractivity contribution is 0.373. The molecule has 1 aliphatic carbocycles. The molecule has 0 unspecified atom stereocenters. The summed E-state index contributed by atoms with van der Waals surface area (Å²) in [5, 5.41) is 6.16. The van der Waals surface area contributed by atoms with Crippen molar-refractivity contribution in [2.45, 2.75) is 44.6 Å². The van der Waals surface area contributed by atoms with Crippen LogP contribution in [0.15, 0.2) is 16.0 Å². The number of nitrogens with zero attached hydrogens (tertiary/aromatic N) is 2. The molecule has 1 fully saturated rings. The maximum atomic E-state index is 6.34. The zero-order chi connectivity index (χ0) is 12.6. The average molecular weight is 300 g/mol. The fourth-order valence-corrected chi connectivity index (χ4v) is 3.47. The Balaban J connectivity index is 0.00000133. The van der Waals surface area contributed by atoms with Gasteiger partial charge in [0.25, 0.3) is 5.89 Å². The van der Waals surface area contributed by atoms with Gasteiger partial charge in [0.15, 0.2) is 5.82 Å². The number of hydrogen-bond acceptors (Lipinski definition) is 5. The maximum absolute atomic E-state index is 6.34. The van der Waals surface area contributed by atoms with Crippen LogP contribution in [-0.4, -0.2) is 10.1 Å². The van der Waals surface area contributed by atoms with Crippen molar-refractivity contribution < 1.29 is 4.52 Å². The quantitative estimate of drug-likeness (QED) is 0.942. The summed E-state index contributed by atoms with van der Waals surface area (Å²) in [5.74, 6) is 1.29. The first-order valence-electron chi connectivity index (χ1n) is 6.43. The van der Waals surface area contributed by atoms with Gasteiger partial charge in [-0.05, 0) is 36.3 Å². The van der Waals surface area contributed by atoms with Crippen LogP contribution in [0.1, 0.15) is 44.0 Å². The summed E-state index contributed by atoms with van der Waals surface area (Å²) >= 11 is 1.64. The molecule has 2 aromatic heterocycles. The Kier molecular flexibility index (Phi) is 4.28. The summed E-state index contributed by atoms with van der Waals surface area (Å²) in [6.07, 6.45) is 5.19. The van der Waals surface area contributed by atoms with Gasteiger partial charge in [-0.25, -0.2) is 0 Å². The van der Waals surface area contributed by atoms with Crippen molar-refractivity contribution in [3.8, 4) is 10.8 Å². The lowest BCUT2D eigenvalue weighted by atomic mass is 9.99. The van der Waals surface area contributed by atoms with Crippen LogP contribution in [0, 0.1) is 0 Å². The standard InChI is InChI=1S/C13H17N3OS.ClH/c1-2-9-5-8-18-10(9)11-15-12(16-17-11)13(14)6-3-4-7-13;/h5,8H,2-4,6-7,14H2,1H3;1H. The van der Waals surface area contributed by atoms with Crippen LogP contribution in [-0.2, 0) is 12.0 Å². The monoisotopic (exact) mass is 299 g/mol. The SMILES string of the molecule is CCc1ccsc1-c1nc(C2(N)CCCC2)no1.Cl. The van der Waals surface area contributed by atoms with Crippen LogP contribution >= 0.6 is 23.7 Å². The van der Waals surface area contributed by atoms with Crippen molar-refractivity contribution in [3.05, 3.63) is 22.8 Å². The third-order valence-electron chi connectivity index (χ3n) is 3.69. The molecule has 0 radical (unpaired) electrons. The van der Waals surface area contributed by atoms with E-state index in [1.807, 2.05) is 0 Å². The summed E-state index contributed by atoms with van der Waals surface area (Å²) < 4.78 is 5.40. The molecule has 6 heteroatoms. The molecule has 104 valence electrons. The van der Waals surface area contributed by atoms with Crippen molar-refractivity contribution in [3.63, 3.8) is 0 Å². The van der Waals surface area contributed by atoms with Crippen LogP contribution in [0.5, 0.6) is 0 Å². The molecule has 2 N–H and O–H groups in total. The molecule has 1 aliphatic rings. The number of nitrogens with two attached hydrogens (primary N) is 1. The van der Waals surface area contributed by atoms with Gasteiger partial charge in [0.2, 0.25) is 0 Å². The second kappa shape index (κ2) is 5.61. The van der Waals surface area contributed by atoms with Crippen molar-refractivity contribution in [1.82, 2.24) is 10.1 Å². The first kappa shape index (κ1) is 14.5. The highest BCUT2D eigenvalue weighted by Crippen LogP contribution is 2.36. The molecule has 2 aromatic rings. The van der Waals surface area contributed by atoms with E-state index < -0.39 is 0 Å². The van der Waals surface area contributed by atoms with Gasteiger partial charge >= 0.3 is 0 Å². The number of hydrogen-bond donors (Lipinski definition) is 1. The van der Waals surface area contributed by atoms with E-state index in [2.05, 4.69) is 28.5 Å². The van der Waals surface area contributed by atoms with E-state index in [1.165, 1.54) is 5.56 Å². The molecule has 1 saturated carbocycles.